The lowest BCUT2D eigenvalue weighted by molar-refractivity contribution is -0.137. The van der Waals surface area contributed by atoms with Crippen LogP contribution in [-0.2, 0) is 31.0 Å². The topological polar surface area (TPSA) is 51.5 Å². The first kappa shape index (κ1) is 23.9. The van der Waals surface area contributed by atoms with Gasteiger partial charge in [0.1, 0.15) is 17.2 Å². The first-order valence-electron chi connectivity index (χ1n) is 10.9. The number of ether oxygens (including phenoxy) is 1. The number of aliphatic carboxylic acids is 1. The third-order valence-corrected chi connectivity index (χ3v) is 6.85. The smallest absolute Gasteiger partial charge is 0.426 e. The molecular formula is C26H24F3NO3S. The van der Waals surface area contributed by atoms with Crippen LogP contribution in [0.1, 0.15) is 34.7 Å². The Bertz CT molecular complexity index is 1290. The van der Waals surface area contributed by atoms with Crippen LogP contribution >= 0.6 is 11.3 Å². The molecule has 0 aliphatic carbocycles. The third-order valence-electron chi connectivity index (χ3n) is 5.69. The fourth-order valence-corrected chi connectivity index (χ4v) is 4.97. The predicted octanol–water partition coefficient (Wildman–Crippen LogP) is 7.30. The van der Waals surface area contributed by atoms with Crippen molar-refractivity contribution >= 4 is 28.2 Å². The minimum atomic E-state index is -4.43. The van der Waals surface area contributed by atoms with Crippen LogP contribution in [0.4, 0.5) is 13.2 Å². The number of unbranched alkanes of at least 4 members (excludes halogenated alkanes) is 1. The van der Waals surface area contributed by atoms with Crippen molar-refractivity contribution in [3.8, 4) is 16.9 Å². The molecule has 0 saturated heterocycles. The minimum Gasteiger partial charge on any atom is -0.488 e. The number of rotatable bonds is 9. The Hall–Kier alpha value is -3.26. The first-order chi connectivity index (χ1) is 16.2. The van der Waals surface area contributed by atoms with Crippen LogP contribution in [0.5, 0.6) is 5.75 Å². The Morgan fingerprint density at radius 1 is 1.06 bits per heavy atom. The highest BCUT2D eigenvalue weighted by atomic mass is 32.1. The van der Waals surface area contributed by atoms with E-state index in [1.165, 1.54) is 0 Å². The lowest BCUT2D eigenvalue weighted by Gasteiger charge is -2.07. The number of aromatic nitrogens is 1. The van der Waals surface area contributed by atoms with Crippen molar-refractivity contribution in [1.82, 2.24) is 4.57 Å². The number of carbonyl (C=O) groups is 1. The maximum absolute atomic E-state index is 13.6. The fourth-order valence-electron chi connectivity index (χ4n) is 4.01. The van der Waals surface area contributed by atoms with Crippen LogP contribution in [-0.4, -0.2) is 15.6 Å². The Morgan fingerprint density at radius 2 is 1.82 bits per heavy atom. The third kappa shape index (κ3) is 5.44. The van der Waals surface area contributed by atoms with Gasteiger partial charge in [-0.05, 0) is 55.2 Å². The van der Waals surface area contributed by atoms with Gasteiger partial charge in [0.25, 0.3) is 0 Å². The van der Waals surface area contributed by atoms with Crippen molar-refractivity contribution in [2.24, 2.45) is 7.05 Å². The molecule has 0 fully saturated rings. The number of hydrogen-bond donors (Lipinski definition) is 1. The van der Waals surface area contributed by atoms with E-state index in [2.05, 4.69) is 4.57 Å². The molecule has 4 aromatic rings. The Kier molecular flexibility index (Phi) is 6.97. The number of nitrogens with zero attached hydrogens (tertiary/aromatic N) is 1. The number of aryl methyl sites for hydroxylation is 2. The van der Waals surface area contributed by atoms with Crippen LogP contribution in [0, 0.1) is 0 Å². The summed E-state index contributed by atoms with van der Waals surface area (Å²) in [6, 6.07) is 17.8. The van der Waals surface area contributed by atoms with Gasteiger partial charge in [-0.25, -0.2) is 0 Å². The van der Waals surface area contributed by atoms with Gasteiger partial charge in [-0.1, -0.05) is 30.3 Å². The summed E-state index contributed by atoms with van der Waals surface area (Å²) in [5.74, 6) is -0.207. The van der Waals surface area contributed by atoms with Gasteiger partial charge >= 0.3 is 12.1 Å². The van der Waals surface area contributed by atoms with Crippen LogP contribution in [0.25, 0.3) is 22.0 Å². The average Bonchev–Trinajstić information content (AvgIpc) is 3.37. The average molecular weight is 488 g/mol. The Balaban J connectivity index is 1.49. The van der Waals surface area contributed by atoms with Crippen LogP contribution in [0.15, 0.2) is 60.7 Å². The molecule has 2 aromatic carbocycles. The molecule has 1 N–H and O–H groups in total. The summed E-state index contributed by atoms with van der Waals surface area (Å²) in [6.07, 6.45) is -2.10. The van der Waals surface area contributed by atoms with E-state index in [0.717, 1.165) is 29.4 Å². The summed E-state index contributed by atoms with van der Waals surface area (Å²) in [5, 5.41) is 9.76. The molecule has 0 spiro atoms. The van der Waals surface area contributed by atoms with E-state index in [1.807, 2.05) is 31.3 Å². The van der Waals surface area contributed by atoms with Gasteiger partial charge in [0.05, 0.1) is 0 Å². The molecule has 0 bridgehead atoms. The lowest BCUT2D eigenvalue weighted by atomic mass is 10.1. The van der Waals surface area contributed by atoms with Crippen LogP contribution in [0.3, 0.4) is 0 Å². The lowest BCUT2D eigenvalue weighted by Crippen LogP contribution is -2.03. The second-order valence-corrected chi connectivity index (χ2v) is 9.26. The summed E-state index contributed by atoms with van der Waals surface area (Å²) in [4.78, 5) is 10.6. The molecule has 178 valence electrons. The van der Waals surface area contributed by atoms with Crippen LogP contribution in [0.2, 0.25) is 0 Å². The van der Waals surface area contributed by atoms with Crippen molar-refractivity contribution in [2.75, 3.05) is 0 Å². The zero-order valence-corrected chi connectivity index (χ0v) is 19.4. The van der Waals surface area contributed by atoms with Gasteiger partial charge in [0, 0.05) is 40.5 Å². The van der Waals surface area contributed by atoms with E-state index in [0.29, 0.717) is 33.9 Å². The molecule has 0 unspecified atom stereocenters. The molecule has 34 heavy (non-hydrogen) atoms. The molecule has 0 aliphatic rings. The number of carboxylic acid groups (broad SMARTS) is 1. The molecule has 0 aliphatic heterocycles. The predicted molar refractivity (Wildman–Crippen MR) is 127 cm³/mol. The van der Waals surface area contributed by atoms with E-state index in [1.54, 1.807) is 36.4 Å². The number of hydrogen-bond acceptors (Lipinski definition) is 3. The standard InChI is InChI=1S/C26H24F3NO3S/c1-30-19(9-5-6-10-24(31)32)13-18-14-20(11-12-23(18)30)33-16-21-15-22(17-7-3-2-4-8-17)25(34-21)26(27,28)29/h2-4,7-8,11-15H,5-6,9-10,16H2,1H3,(H,31,32). The molecule has 0 amide bonds. The molecule has 2 heterocycles. The summed E-state index contributed by atoms with van der Waals surface area (Å²) in [5.41, 5.74) is 2.81. The SMILES string of the molecule is Cn1c(CCCCC(=O)O)cc2cc(OCc3cc(-c4ccccc4)c(C(F)(F)F)s3)ccc21. The number of carboxylic acids is 1. The number of thiophene rings is 1. The van der Waals surface area contributed by atoms with E-state index in [4.69, 9.17) is 9.84 Å². The second kappa shape index (κ2) is 9.93. The highest BCUT2D eigenvalue weighted by Crippen LogP contribution is 2.43. The molecule has 8 heteroatoms. The van der Waals surface area contributed by atoms with Gasteiger partial charge in [-0.15, -0.1) is 11.3 Å². The highest BCUT2D eigenvalue weighted by molar-refractivity contribution is 7.12. The summed E-state index contributed by atoms with van der Waals surface area (Å²) in [7, 11) is 1.96. The van der Waals surface area contributed by atoms with Crippen molar-refractivity contribution in [3.05, 3.63) is 76.1 Å². The number of alkyl halides is 3. The van der Waals surface area contributed by atoms with Gasteiger partial charge in [0.2, 0.25) is 0 Å². The molecule has 0 atom stereocenters. The monoisotopic (exact) mass is 487 g/mol. The molecule has 0 radical (unpaired) electrons. The van der Waals surface area contributed by atoms with E-state index in [9.17, 15) is 18.0 Å². The van der Waals surface area contributed by atoms with Gasteiger partial charge in [-0.2, -0.15) is 13.2 Å². The molecular weight excluding hydrogens is 463 g/mol. The number of fused-ring (bicyclic) bond motifs is 1. The van der Waals surface area contributed by atoms with Crippen molar-refractivity contribution < 1.29 is 27.8 Å². The highest BCUT2D eigenvalue weighted by Gasteiger charge is 2.36. The minimum absolute atomic E-state index is 0.0426. The van der Waals surface area contributed by atoms with Crippen LogP contribution < -0.4 is 4.74 Å². The Morgan fingerprint density at radius 3 is 2.53 bits per heavy atom. The zero-order chi connectivity index (χ0) is 24.3. The van der Waals surface area contributed by atoms with Crippen molar-refractivity contribution in [1.29, 1.82) is 0 Å². The molecule has 0 saturated carbocycles. The van der Waals surface area contributed by atoms with Gasteiger partial charge < -0.3 is 14.4 Å². The Labute approximate surface area is 199 Å². The van der Waals surface area contributed by atoms with E-state index < -0.39 is 17.0 Å². The molecule has 2 aromatic heterocycles. The normalized spacial score (nSPS) is 11.8. The fraction of sp³-hybridized carbons (Fsp3) is 0.269. The summed E-state index contributed by atoms with van der Waals surface area (Å²) >= 11 is 0.708. The van der Waals surface area contributed by atoms with E-state index in [-0.39, 0.29) is 18.6 Å². The maximum Gasteiger partial charge on any atom is 0.426 e. The summed E-state index contributed by atoms with van der Waals surface area (Å²) < 4.78 is 48.8. The van der Waals surface area contributed by atoms with Crippen molar-refractivity contribution in [3.63, 3.8) is 0 Å². The van der Waals surface area contributed by atoms with Crippen molar-refractivity contribution in [2.45, 2.75) is 38.5 Å². The zero-order valence-electron chi connectivity index (χ0n) is 18.6. The number of benzene rings is 2. The van der Waals surface area contributed by atoms with Gasteiger partial charge in [-0.3, -0.25) is 4.79 Å². The first-order valence-corrected chi connectivity index (χ1v) is 11.7. The molecule has 4 rings (SSSR count). The quantitative estimate of drug-likeness (QED) is 0.252. The maximum atomic E-state index is 13.6. The summed E-state index contributed by atoms with van der Waals surface area (Å²) in [6.45, 7) is 0.0426. The largest absolute Gasteiger partial charge is 0.488 e. The second-order valence-electron chi connectivity index (χ2n) is 8.12. The number of halogens is 3. The van der Waals surface area contributed by atoms with E-state index >= 15 is 0 Å². The molecule has 4 nitrogen and oxygen atoms in total. The van der Waals surface area contributed by atoms with Gasteiger partial charge in [0.15, 0.2) is 0 Å².